The van der Waals surface area contributed by atoms with Gasteiger partial charge in [-0.15, -0.1) is 11.3 Å². The summed E-state index contributed by atoms with van der Waals surface area (Å²) in [5, 5.41) is 2.86. The topological polar surface area (TPSA) is 59.2 Å². The predicted molar refractivity (Wildman–Crippen MR) is 81.2 cm³/mol. The van der Waals surface area contributed by atoms with Crippen molar-refractivity contribution in [2.45, 2.75) is 13.5 Å². The fourth-order valence-corrected chi connectivity index (χ4v) is 2.82. The van der Waals surface area contributed by atoms with Crippen molar-refractivity contribution in [2.24, 2.45) is 0 Å². The standard InChI is InChI=1S/C13H13BrFN3OS/c1-7-17-8(6-20-7)5-18(2)13(19)9-3-12(16)11(15)4-10(9)14/h3-4,6H,5,16H2,1-2H3. The van der Waals surface area contributed by atoms with Gasteiger partial charge in [-0.2, -0.15) is 0 Å². The Morgan fingerprint density at radius 1 is 1.55 bits per heavy atom. The third-order valence-corrected chi connectivity index (χ3v) is 4.21. The van der Waals surface area contributed by atoms with Crippen LogP contribution in [0.5, 0.6) is 0 Å². The van der Waals surface area contributed by atoms with Crippen molar-refractivity contribution in [2.75, 3.05) is 12.8 Å². The molecule has 1 aromatic heterocycles. The maximum atomic E-state index is 13.3. The molecule has 1 amide bonds. The number of hydrogen-bond donors (Lipinski definition) is 1. The van der Waals surface area contributed by atoms with Gasteiger partial charge in [0.2, 0.25) is 0 Å². The number of nitrogens with two attached hydrogens (primary N) is 1. The summed E-state index contributed by atoms with van der Waals surface area (Å²) in [6, 6.07) is 2.54. The molecule has 4 nitrogen and oxygen atoms in total. The van der Waals surface area contributed by atoms with Gasteiger partial charge in [-0.3, -0.25) is 4.79 Å². The number of carbonyl (C=O) groups is 1. The number of benzene rings is 1. The smallest absolute Gasteiger partial charge is 0.255 e. The van der Waals surface area contributed by atoms with E-state index < -0.39 is 5.82 Å². The van der Waals surface area contributed by atoms with Gasteiger partial charge >= 0.3 is 0 Å². The van der Waals surface area contributed by atoms with Gasteiger partial charge in [0.05, 0.1) is 28.5 Å². The van der Waals surface area contributed by atoms with E-state index in [1.165, 1.54) is 28.4 Å². The first kappa shape index (κ1) is 14.9. The SMILES string of the molecule is Cc1nc(CN(C)C(=O)c2cc(N)c(F)cc2Br)cs1. The minimum Gasteiger partial charge on any atom is -0.396 e. The monoisotopic (exact) mass is 357 g/mol. The van der Waals surface area contributed by atoms with Gasteiger partial charge < -0.3 is 10.6 Å². The van der Waals surface area contributed by atoms with Crippen LogP contribution < -0.4 is 5.73 Å². The first-order valence-corrected chi connectivity index (χ1v) is 7.46. The van der Waals surface area contributed by atoms with Crippen LogP contribution in [0.15, 0.2) is 22.0 Å². The van der Waals surface area contributed by atoms with Crippen molar-refractivity contribution in [1.82, 2.24) is 9.88 Å². The van der Waals surface area contributed by atoms with Crippen molar-refractivity contribution in [3.05, 3.63) is 44.1 Å². The van der Waals surface area contributed by atoms with Crippen LogP contribution >= 0.6 is 27.3 Å². The Kier molecular flexibility index (Phi) is 4.39. The average molecular weight is 358 g/mol. The van der Waals surface area contributed by atoms with E-state index in [9.17, 15) is 9.18 Å². The molecular weight excluding hydrogens is 345 g/mol. The minimum atomic E-state index is -0.550. The first-order valence-electron chi connectivity index (χ1n) is 5.79. The second-order valence-electron chi connectivity index (χ2n) is 4.37. The molecule has 1 aromatic carbocycles. The predicted octanol–water partition coefficient (Wildman–Crippen LogP) is 3.21. The van der Waals surface area contributed by atoms with E-state index in [0.717, 1.165) is 10.7 Å². The molecule has 0 aliphatic carbocycles. The normalized spacial score (nSPS) is 10.6. The lowest BCUT2D eigenvalue weighted by atomic mass is 10.1. The molecule has 0 aliphatic heterocycles. The third kappa shape index (κ3) is 3.16. The molecule has 0 unspecified atom stereocenters. The Bertz CT molecular complexity index is 659. The number of rotatable bonds is 3. The van der Waals surface area contributed by atoms with Crippen molar-refractivity contribution >= 4 is 38.9 Å². The molecule has 2 N–H and O–H groups in total. The van der Waals surface area contributed by atoms with Crippen molar-refractivity contribution in [3.8, 4) is 0 Å². The molecule has 2 rings (SSSR count). The molecule has 0 bridgehead atoms. The van der Waals surface area contributed by atoms with Gasteiger partial charge in [0, 0.05) is 16.9 Å². The number of nitrogens with zero attached hydrogens (tertiary/aromatic N) is 2. The second kappa shape index (κ2) is 5.88. The van der Waals surface area contributed by atoms with Crippen LogP contribution in [0.1, 0.15) is 21.1 Å². The summed E-state index contributed by atoms with van der Waals surface area (Å²) in [4.78, 5) is 18.2. The molecule has 0 fully saturated rings. The summed E-state index contributed by atoms with van der Waals surface area (Å²) in [5.41, 5.74) is 6.62. The Labute approximate surface area is 128 Å². The molecule has 2 aromatic rings. The zero-order valence-electron chi connectivity index (χ0n) is 11.0. The number of hydrogen-bond acceptors (Lipinski definition) is 4. The largest absolute Gasteiger partial charge is 0.396 e. The fraction of sp³-hybridized carbons (Fsp3) is 0.231. The summed E-state index contributed by atoms with van der Waals surface area (Å²) >= 11 is 4.72. The van der Waals surface area contributed by atoms with Crippen LogP contribution in [0.3, 0.4) is 0 Å². The highest BCUT2D eigenvalue weighted by Crippen LogP contribution is 2.24. The summed E-state index contributed by atoms with van der Waals surface area (Å²) in [7, 11) is 1.67. The Balaban J connectivity index is 2.20. The van der Waals surface area contributed by atoms with Gasteiger partial charge in [-0.25, -0.2) is 9.37 Å². The molecule has 106 valence electrons. The highest BCUT2D eigenvalue weighted by atomic mass is 79.9. The van der Waals surface area contributed by atoms with Crippen molar-refractivity contribution < 1.29 is 9.18 Å². The number of aryl methyl sites for hydroxylation is 1. The summed E-state index contributed by atoms with van der Waals surface area (Å²) in [6.07, 6.45) is 0. The molecule has 0 saturated heterocycles. The molecule has 20 heavy (non-hydrogen) atoms. The maximum Gasteiger partial charge on any atom is 0.255 e. The third-order valence-electron chi connectivity index (χ3n) is 2.73. The lowest BCUT2D eigenvalue weighted by Crippen LogP contribution is -2.26. The van der Waals surface area contributed by atoms with Crippen molar-refractivity contribution in [1.29, 1.82) is 0 Å². The van der Waals surface area contributed by atoms with E-state index in [-0.39, 0.29) is 11.6 Å². The van der Waals surface area contributed by atoms with Crippen LogP contribution in [0.2, 0.25) is 0 Å². The number of halogens is 2. The molecule has 7 heteroatoms. The Morgan fingerprint density at radius 2 is 2.25 bits per heavy atom. The Hall–Kier alpha value is -1.47. The fourth-order valence-electron chi connectivity index (χ4n) is 1.73. The van der Waals surface area contributed by atoms with Crippen LogP contribution in [0.4, 0.5) is 10.1 Å². The van der Waals surface area contributed by atoms with Gasteiger partial charge in [-0.1, -0.05) is 0 Å². The maximum absolute atomic E-state index is 13.3. The molecule has 1 heterocycles. The quantitative estimate of drug-likeness (QED) is 0.858. The second-order valence-corrected chi connectivity index (χ2v) is 6.29. The van der Waals surface area contributed by atoms with E-state index in [1.54, 1.807) is 7.05 Å². The molecule has 0 spiro atoms. The molecule has 0 atom stereocenters. The van der Waals surface area contributed by atoms with Gasteiger partial charge in [-0.05, 0) is 35.0 Å². The van der Waals surface area contributed by atoms with E-state index in [4.69, 9.17) is 5.73 Å². The number of carbonyl (C=O) groups excluding carboxylic acids is 1. The number of nitrogen functional groups attached to an aromatic ring is 1. The average Bonchev–Trinajstić information content (AvgIpc) is 2.78. The van der Waals surface area contributed by atoms with Crippen LogP contribution in [0, 0.1) is 12.7 Å². The molecule has 0 aliphatic rings. The van der Waals surface area contributed by atoms with E-state index in [1.807, 2.05) is 12.3 Å². The molecule has 0 radical (unpaired) electrons. The Morgan fingerprint density at radius 3 is 2.85 bits per heavy atom. The van der Waals surface area contributed by atoms with Gasteiger partial charge in [0.15, 0.2) is 0 Å². The lowest BCUT2D eigenvalue weighted by Gasteiger charge is -2.17. The zero-order valence-corrected chi connectivity index (χ0v) is 13.4. The van der Waals surface area contributed by atoms with Gasteiger partial charge in [0.25, 0.3) is 5.91 Å². The summed E-state index contributed by atoms with van der Waals surface area (Å²) < 4.78 is 13.7. The number of thiazole rings is 1. The summed E-state index contributed by atoms with van der Waals surface area (Å²) in [5.74, 6) is -0.791. The highest BCUT2D eigenvalue weighted by molar-refractivity contribution is 9.10. The zero-order chi connectivity index (χ0) is 14.9. The lowest BCUT2D eigenvalue weighted by molar-refractivity contribution is 0.0782. The van der Waals surface area contributed by atoms with E-state index in [0.29, 0.717) is 16.6 Å². The van der Waals surface area contributed by atoms with Crippen molar-refractivity contribution in [3.63, 3.8) is 0 Å². The first-order chi connectivity index (χ1) is 9.38. The summed E-state index contributed by atoms with van der Waals surface area (Å²) in [6.45, 7) is 2.31. The molecular formula is C13H13BrFN3OS. The van der Waals surface area contributed by atoms with Crippen LogP contribution in [0.25, 0.3) is 0 Å². The van der Waals surface area contributed by atoms with Gasteiger partial charge in [0.1, 0.15) is 5.82 Å². The molecule has 0 saturated carbocycles. The van der Waals surface area contributed by atoms with Crippen LogP contribution in [-0.2, 0) is 6.54 Å². The van der Waals surface area contributed by atoms with E-state index in [2.05, 4.69) is 20.9 Å². The highest BCUT2D eigenvalue weighted by Gasteiger charge is 2.18. The number of amides is 1. The number of aromatic nitrogens is 1. The van der Waals surface area contributed by atoms with Crippen LogP contribution in [-0.4, -0.2) is 22.8 Å². The number of anilines is 1. The van der Waals surface area contributed by atoms with E-state index >= 15 is 0 Å². The minimum absolute atomic E-state index is 0.0468.